The zero-order chi connectivity index (χ0) is 22.0. The van der Waals surface area contributed by atoms with Gasteiger partial charge < -0.3 is 14.6 Å². The fourth-order valence-electron chi connectivity index (χ4n) is 2.78. The van der Waals surface area contributed by atoms with Gasteiger partial charge in [0.25, 0.3) is 0 Å². The minimum Gasteiger partial charge on any atom is -0.479 e. The molecule has 0 spiro atoms. The average Bonchev–Trinajstić information content (AvgIpc) is 2.53. The Morgan fingerprint density at radius 2 is 1.69 bits per heavy atom. The molecule has 11 heteroatoms. The Kier molecular flexibility index (Phi) is 6.29. The first-order chi connectivity index (χ1) is 13.4. The molecule has 6 nitrogen and oxygen atoms in total. The van der Waals surface area contributed by atoms with Crippen molar-refractivity contribution in [3.8, 4) is 0 Å². The third kappa shape index (κ3) is 5.09. The molecule has 0 atom stereocenters. The molecule has 1 saturated carbocycles. The number of ether oxygens (including phenoxy) is 2. The Hall–Kier alpha value is -2.98. The van der Waals surface area contributed by atoms with Crippen LogP contribution in [0.3, 0.4) is 0 Å². The Morgan fingerprint density at radius 3 is 2.10 bits per heavy atom. The number of benzene rings is 1. The van der Waals surface area contributed by atoms with E-state index in [1.807, 2.05) is 0 Å². The lowest BCUT2D eigenvalue weighted by atomic mass is 9.74. The van der Waals surface area contributed by atoms with Gasteiger partial charge >= 0.3 is 24.1 Å². The van der Waals surface area contributed by atoms with Gasteiger partial charge in [0, 0.05) is 11.1 Å². The fraction of sp³-hybridized carbons (Fsp3) is 0.389. The molecule has 158 valence electrons. The van der Waals surface area contributed by atoms with Crippen molar-refractivity contribution in [1.29, 1.82) is 0 Å². The van der Waals surface area contributed by atoms with Gasteiger partial charge in [0.05, 0.1) is 6.42 Å². The second-order valence-corrected chi connectivity index (χ2v) is 6.38. The Morgan fingerprint density at radius 1 is 1.14 bits per heavy atom. The molecular formula is C18H15F5O6. The summed E-state index contributed by atoms with van der Waals surface area (Å²) in [5.74, 6) is -7.29. The van der Waals surface area contributed by atoms with Crippen LogP contribution in [0.2, 0.25) is 0 Å². The number of alkyl halides is 3. The third-order valence-electron chi connectivity index (χ3n) is 4.30. The van der Waals surface area contributed by atoms with Crippen molar-refractivity contribution >= 4 is 17.9 Å². The molecule has 0 bridgehead atoms. The molecule has 0 aromatic heterocycles. The molecule has 2 rings (SSSR count). The highest BCUT2D eigenvalue weighted by molar-refractivity contribution is 5.94. The Bertz CT molecular complexity index is 834. The van der Waals surface area contributed by atoms with E-state index in [9.17, 15) is 36.3 Å². The molecule has 1 N–H and O–H groups in total. The van der Waals surface area contributed by atoms with Crippen LogP contribution in [-0.4, -0.2) is 29.6 Å². The molecule has 1 aliphatic rings. The molecule has 0 heterocycles. The van der Waals surface area contributed by atoms with Crippen molar-refractivity contribution in [3.05, 3.63) is 47.0 Å². The molecule has 0 amide bonds. The van der Waals surface area contributed by atoms with E-state index in [0.717, 1.165) is 0 Å². The second-order valence-electron chi connectivity index (χ2n) is 6.38. The summed E-state index contributed by atoms with van der Waals surface area (Å²) in [4.78, 5) is 34.0. The first-order valence-electron chi connectivity index (χ1n) is 8.21. The molecule has 1 aromatic carbocycles. The number of carboxylic acids is 1. The summed E-state index contributed by atoms with van der Waals surface area (Å²) < 4.78 is 75.5. The molecule has 0 saturated heterocycles. The van der Waals surface area contributed by atoms with Crippen LogP contribution >= 0.6 is 0 Å². The number of carbonyl (C=O) groups is 3. The quantitative estimate of drug-likeness (QED) is 0.411. The summed E-state index contributed by atoms with van der Waals surface area (Å²) in [5, 5.41) is 8.43. The van der Waals surface area contributed by atoms with Gasteiger partial charge in [0.15, 0.2) is 6.61 Å². The minimum atomic E-state index is -5.23. The molecule has 29 heavy (non-hydrogen) atoms. The molecule has 1 fully saturated rings. The lowest BCUT2D eigenvalue weighted by Gasteiger charge is -2.41. The van der Waals surface area contributed by atoms with Crippen LogP contribution in [0, 0.1) is 11.6 Å². The van der Waals surface area contributed by atoms with Gasteiger partial charge in [-0.1, -0.05) is 6.58 Å². The molecule has 1 aromatic rings. The van der Waals surface area contributed by atoms with Gasteiger partial charge in [-0.15, -0.1) is 0 Å². The summed E-state index contributed by atoms with van der Waals surface area (Å²) in [6.07, 6.45) is -5.23. The van der Waals surface area contributed by atoms with Gasteiger partial charge in [-0.2, -0.15) is 13.2 Å². The number of halogens is 5. The average molecular weight is 422 g/mol. The van der Waals surface area contributed by atoms with Crippen LogP contribution in [0.1, 0.15) is 36.8 Å². The summed E-state index contributed by atoms with van der Waals surface area (Å²) in [6.45, 7) is 2.33. The van der Waals surface area contributed by atoms with Gasteiger partial charge in [0.1, 0.15) is 22.8 Å². The molecule has 1 aliphatic carbocycles. The topological polar surface area (TPSA) is 89.9 Å². The van der Waals surface area contributed by atoms with E-state index in [1.54, 1.807) is 0 Å². The predicted octanol–water partition coefficient (Wildman–Crippen LogP) is 3.48. The monoisotopic (exact) mass is 422 g/mol. The van der Waals surface area contributed by atoms with Crippen molar-refractivity contribution in [2.45, 2.75) is 37.5 Å². The maximum atomic E-state index is 13.9. The van der Waals surface area contributed by atoms with Gasteiger partial charge in [-0.3, -0.25) is 4.79 Å². The fourth-order valence-corrected chi connectivity index (χ4v) is 2.78. The lowest BCUT2D eigenvalue weighted by molar-refractivity contribution is -0.172. The van der Waals surface area contributed by atoms with E-state index in [0.29, 0.717) is 18.6 Å². The van der Waals surface area contributed by atoms with Gasteiger partial charge in [0.2, 0.25) is 0 Å². The summed E-state index contributed by atoms with van der Waals surface area (Å²) in [5.41, 5.74) is -4.28. The van der Waals surface area contributed by atoms with E-state index in [4.69, 9.17) is 9.84 Å². The second kappa shape index (κ2) is 8.18. The standard InChI is InChI=1S/C18H15F5O6/c1-9(16(27)28-8-13(24)25)5-14(26)29-17(3-2-4-17)10-6-11(19)15(12(20)7-10)18(21,22)23/h6-7H,1-5,8H2,(H,24,25). The number of carbonyl (C=O) groups excluding carboxylic acids is 2. The van der Waals surface area contributed by atoms with E-state index < -0.39 is 65.5 Å². The first kappa shape index (κ1) is 22.3. The van der Waals surface area contributed by atoms with Crippen molar-refractivity contribution in [2.75, 3.05) is 6.61 Å². The smallest absolute Gasteiger partial charge is 0.422 e. The van der Waals surface area contributed by atoms with Crippen molar-refractivity contribution in [1.82, 2.24) is 0 Å². The van der Waals surface area contributed by atoms with Crippen LogP contribution < -0.4 is 0 Å². The highest BCUT2D eigenvalue weighted by Crippen LogP contribution is 2.47. The number of hydrogen-bond acceptors (Lipinski definition) is 5. The van der Waals surface area contributed by atoms with Crippen LogP contribution in [-0.2, 0) is 35.6 Å². The van der Waals surface area contributed by atoms with Crippen molar-refractivity contribution in [2.24, 2.45) is 0 Å². The number of esters is 2. The zero-order valence-electron chi connectivity index (χ0n) is 14.8. The number of carboxylic acid groups (broad SMARTS) is 1. The largest absolute Gasteiger partial charge is 0.479 e. The van der Waals surface area contributed by atoms with Crippen LogP contribution in [0.5, 0.6) is 0 Å². The maximum Gasteiger partial charge on any atom is 0.422 e. The summed E-state index contributed by atoms with van der Waals surface area (Å²) in [7, 11) is 0. The Labute approximate surface area is 160 Å². The summed E-state index contributed by atoms with van der Waals surface area (Å²) >= 11 is 0. The first-order valence-corrected chi connectivity index (χ1v) is 8.21. The third-order valence-corrected chi connectivity index (χ3v) is 4.30. The highest BCUT2D eigenvalue weighted by Gasteiger charge is 2.45. The highest BCUT2D eigenvalue weighted by atomic mass is 19.4. The lowest BCUT2D eigenvalue weighted by Crippen LogP contribution is -2.39. The van der Waals surface area contributed by atoms with Crippen LogP contribution in [0.4, 0.5) is 22.0 Å². The van der Waals surface area contributed by atoms with E-state index >= 15 is 0 Å². The number of aliphatic carboxylic acids is 1. The molecular weight excluding hydrogens is 407 g/mol. The molecule has 0 aliphatic heterocycles. The normalized spacial score (nSPS) is 15.2. The van der Waals surface area contributed by atoms with Crippen molar-refractivity contribution < 1.29 is 50.9 Å². The Balaban J connectivity index is 2.15. The predicted molar refractivity (Wildman–Crippen MR) is 85.3 cm³/mol. The molecule has 0 unspecified atom stereocenters. The van der Waals surface area contributed by atoms with Crippen LogP contribution in [0.15, 0.2) is 24.3 Å². The number of hydrogen-bond donors (Lipinski definition) is 1. The zero-order valence-corrected chi connectivity index (χ0v) is 14.8. The van der Waals surface area contributed by atoms with Crippen molar-refractivity contribution in [3.63, 3.8) is 0 Å². The molecule has 0 radical (unpaired) electrons. The van der Waals surface area contributed by atoms with E-state index in [-0.39, 0.29) is 18.4 Å². The van der Waals surface area contributed by atoms with Crippen LogP contribution in [0.25, 0.3) is 0 Å². The SMILES string of the molecule is C=C(CC(=O)OC1(c2cc(F)c(C(F)(F)F)c(F)c2)CCC1)C(=O)OCC(=O)O. The number of rotatable bonds is 7. The maximum absolute atomic E-state index is 13.9. The minimum absolute atomic E-state index is 0.110. The van der Waals surface area contributed by atoms with Gasteiger partial charge in [-0.05, 0) is 31.4 Å². The van der Waals surface area contributed by atoms with E-state index in [1.165, 1.54) is 0 Å². The van der Waals surface area contributed by atoms with E-state index in [2.05, 4.69) is 11.3 Å². The van der Waals surface area contributed by atoms with Gasteiger partial charge in [-0.25, -0.2) is 18.4 Å². The summed E-state index contributed by atoms with van der Waals surface area (Å²) in [6, 6.07) is 0.933.